The third-order valence-electron chi connectivity index (χ3n) is 3.25. The minimum atomic E-state index is -1.05. The van der Waals surface area contributed by atoms with Crippen molar-refractivity contribution in [2.24, 2.45) is 0 Å². The van der Waals surface area contributed by atoms with E-state index >= 15 is 0 Å². The van der Waals surface area contributed by atoms with Crippen molar-refractivity contribution in [3.63, 3.8) is 0 Å². The second kappa shape index (κ2) is 4.77. The van der Waals surface area contributed by atoms with Crippen LogP contribution in [0.3, 0.4) is 0 Å². The fraction of sp³-hybridized carbons (Fsp3) is 0.133. The van der Waals surface area contributed by atoms with E-state index in [1.165, 1.54) is 11.8 Å². The van der Waals surface area contributed by atoms with Gasteiger partial charge in [-0.05, 0) is 23.6 Å². The molecule has 3 aromatic rings. The monoisotopic (exact) mass is 267 g/mol. The van der Waals surface area contributed by atoms with Crippen molar-refractivity contribution in [3.8, 4) is 11.3 Å². The predicted octanol–water partition coefficient (Wildman–Crippen LogP) is 2.66. The maximum atomic E-state index is 11.0. The molecule has 2 aromatic heterocycles. The van der Waals surface area contributed by atoms with E-state index in [1.54, 1.807) is 10.6 Å². The Labute approximate surface area is 115 Å². The lowest BCUT2D eigenvalue weighted by atomic mass is 10.1. The van der Waals surface area contributed by atoms with Gasteiger partial charge in [0.1, 0.15) is 0 Å². The second-order valence-electron chi connectivity index (χ2n) is 4.48. The van der Waals surface area contributed by atoms with E-state index in [0.717, 1.165) is 17.7 Å². The highest BCUT2D eigenvalue weighted by Gasteiger charge is 2.12. The van der Waals surface area contributed by atoms with E-state index in [9.17, 15) is 4.79 Å². The molecule has 0 bridgehead atoms. The van der Waals surface area contributed by atoms with Crippen LogP contribution in [0.2, 0.25) is 0 Å². The highest BCUT2D eigenvalue weighted by Crippen LogP contribution is 2.21. The van der Waals surface area contributed by atoms with Gasteiger partial charge >= 0.3 is 5.97 Å². The first-order valence-corrected chi connectivity index (χ1v) is 6.35. The van der Waals surface area contributed by atoms with Crippen LogP contribution in [0.1, 0.15) is 23.0 Å². The molecular formula is C15H13N3O2. The van der Waals surface area contributed by atoms with Crippen LogP contribution >= 0.6 is 0 Å². The number of aromatic nitrogens is 3. The van der Waals surface area contributed by atoms with Gasteiger partial charge in [0.05, 0.1) is 5.69 Å². The van der Waals surface area contributed by atoms with Crippen LogP contribution in [0.4, 0.5) is 0 Å². The van der Waals surface area contributed by atoms with E-state index in [2.05, 4.69) is 29.0 Å². The van der Waals surface area contributed by atoms with Gasteiger partial charge < -0.3 is 5.11 Å². The van der Waals surface area contributed by atoms with E-state index in [-0.39, 0.29) is 5.69 Å². The zero-order valence-corrected chi connectivity index (χ0v) is 10.9. The molecule has 3 rings (SSSR count). The SMILES string of the molecule is CCc1ccc(-c2ccnc3nc(C(=O)O)cn23)cc1. The van der Waals surface area contributed by atoms with Gasteiger partial charge in [0.15, 0.2) is 5.69 Å². The van der Waals surface area contributed by atoms with Crippen molar-refractivity contribution >= 4 is 11.7 Å². The molecule has 5 nitrogen and oxygen atoms in total. The van der Waals surface area contributed by atoms with Gasteiger partial charge in [-0.2, -0.15) is 0 Å². The standard InChI is InChI=1S/C15H13N3O2/c1-2-10-3-5-11(6-4-10)13-7-8-16-15-17-12(14(19)20)9-18(13)15/h3-9H,2H2,1H3,(H,19,20). The Morgan fingerprint density at radius 1 is 1.25 bits per heavy atom. The van der Waals surface area contributed by atoms with Crippen LogP contribution in [0.15, 0.2) is 42.7 Å². The zero-order valence-electron chi connectivity index (χ0n) is 10.9. The summed E-state index contributed by atoms with van der Waals surface area (Å²) in [5.74, 6) is -0.665. The number of nitrogens with zero attached hydrogens (tertiary/aromatic N) is 3. The molecule has 0 fully saturated rings. The summed E-state index contributed by atoms with van der Waals surface area (Å²) in [6.45, 7) is 2.11. The molecular weight excluding hydrogens is 254 g/mol. The number of aromatic carboxylic acids is 1. The third-order valence-corrected chi connectivity index (χ3v) is 3.25. The number of hydrogen-bond donors (Lipinski definition) is 1. The number of imidazole rings is 1. The van der Waals surface area contributed by atoms with Gasteiger partial charge in [-0.1, -0.05) is 31.2 Å². The molecule has 0 saturated heterocycles. The summed E-state index contributed by atoms with van der Waals surface area (Å²) in [5, 5.41) is 9.01. The Balaban J connectivity index is 2.16. The van der Waals surface area contributed by atoms with E-state index in [1.807, 2.05) is 18.2 Å². The van der Waals surface area contributed by atoms with Gasteiger partial charge in [0, 0.05) is 12.4 Å². The summed E-state index contributed by atoms with van der Waals surface area (Å²) in [6, 6.07) is 10.0. The fourth-order valence-corrected chi connectivity index (χ4v) is 2.14. The average molecular weight is 267 g/mol. The predicted molar refractivity (Wildman–Crippen MR) is 74.8 cm³/mol. The van der Waals surface area contributed by atoms with Crippen LogP contribution in [0.25, 0.3) is 17.0 Å². The number of aryl methyl sites for hydroxylation is 1. The first-order valence-electron chi connectivity index (χ1n) is 6.35. The molecule has 0 aliphatic rings. The summed E-state index contributed by atoms with van der Waals surface area (Å²) in [6.07, 6.45) is 4.12. The third kappa shape index (κ3) is 2.03. The number of benzene rings is 1. The van der Waals surface area contributed by atoms with Gasteiger partial charge in [-0.25, -0.2) is 14.8 Å². The number of fused-ring (bicyclic) bond motifs is 1. The normalized spacial score (nSPS) is 10.8. The molecule has 0 radical (unpaired) electrons. The summed E-state index contributed by atoms with van der Waals surface area (Å²) >= 11 is 0. The Morgan fingerprint density at radius 2 is 2.00 bits per heavy atom. The maximum Gasteiger partial charge on any atom is 0.356 e. The van der Waals surface area contributed by atoms with Crippen molar-refractivity contribution in [2.45, 2.75) is 13.3 Å². The lowest BCUT2D eigenvalue weighted by Crippen LogP contribution is -1.95. The molecule has 0 amide bonds. The minimum absolute atomic E-state index is 0.00451. The van der Waals surface area contributed by atoms with Crippen LogP contribution in [0.5, 0.6) is 0 Å². The molecule has 0 atom stereocenters. The molecule has 5 heteroatoms. The zero-order chi connectivity index (χ0) is 14.1. The largest absolute Gasteiger partial charge is 0.476 e. The molecule has 1 aromatic carbocycles. The first kappa shape index (κ1) is 12.3. The molecule has 100 valence electrons. The molecule has 0 unspecified atom stereocenters. The summed E-state index contributed by atoms with van der Waals surface area (Å²) < 4.78 is 1.70. The van der Waals surface area contributed by atoms with Crippen LogP contribution < -0.4 is 0 Å². The lowest BCUT2D eigenvalue weighted by Gasteiger charge is -2.05. The van der Waals surface area contributed by atoms with Crippen molar-refractivity contribution in [1.29, 1.82) is 0 Å². The molecule has 0 aliphatic heterocycles. The topological polar surface area (TPSA) is 67.5 Å². The fourth-order valence-electron chi connectivity index (χ4n) is 2.14. The van der Waals surface area contributed by atoms with E-state index in [0.29, 0.717) is 5.78 Å². The highest BCUT2D eigenvalue weighted by atomic mass is 16.4. The Kier molecular flexibility index (Phi) is 2.95. The summed E-state index contributed by atoms with van der Waals surface area (Å²) in [7, 11) is 0. The average Bonchev–Trinajstić information content (AvgIpc) is 2.91. The number of hydrogen-bond acceptors (Lipinski definition) is 3. The molecule has 0 aliphatic carbocycles. The molecule has 2 heterocycles. The molecule has 0 spiro atoms. The quantitative estimate of drug-likeness (QED) is 0.792. The Hall–Kier alpha value is -2.69. The second-order valence-corrected chi connectivity index (χ2v) is 4.48. The first-order chi connectivity index (χ1) is 9.69. The van der Waals surface area contributed by atoms with Crippen molar-refractivity contribution in [1.82, 2.24) is 14.4 Å². The minimum Gasteiger partial charge on any atom is -0.476 e. The highest BCUT2D eigenvalue weighted by molar-refractivity contribution is 5.86. The number of carboxylic acid groups (broad SMARTS) is 1. The van der Waals surface area contributed by atoms with Crippen molar-refractivity contribution in [2.75, 3.05) is 0 Å². The van der Waals surface area contributed by atoms with Gasteiger partial charge in [0.2, 0.25) is 5.78 Å². The maximum absolute atomic E-state index is 11.0. The molecule has 20 heavy (non-hydrogen) atoms. The van der Waals surface area contributed by atoms with Gasteiger partial charge in [0.25, 0.3) is 0 Å². The van der Waals surface area contributed by atoms with Crippen molar-refractivity contribution < 1.29 is 9.90 Å². The van der Waals surface area contributed by atoms with E-state index < -0.39 is 5.97 Å². The molecule has 0 saturated carbocycles. The summed E-state index contributed by atoms with van der Waals surface area (Å²) in [4.78, 5) is 19.1. The Morgan fingerprint density at radius 3 is 2.65 bits per heavy atom. The smallest absolute Gasteiger partial charge is 0.356 e. The number of carbonyl (C=O) groups is 1. The van der Waals surface area contributed by atoms with Crippen LogP contribution in [0, 0.1) is 0 Å². The lowest BCUT2D eigenvalue weighted by molar-refractivity contribution is 0.0691. The summed E-state index contributed by atoms with van der Waals surface area (Å²) in [5.41, 5.74) is 3.13. The van der Waals surface area contributed by atoms with Crippen molar-refractivity contribution in [3.05, 3.63) is 54.0 Å². The number of carboxylic acids is 1. The number of rotatable bonds is 3. The Bertz CT molecular complexity index is 775. The van der Waals surface area contributed by atoms with Gasteiger partial charge in [-0.15, -0.1) is 0 Å². The van der Waals surface area contributed by atoms with Gasteiger partial charge in [-0.3, -0.25) is 4.40 Å². The van der Waals surface area contributed by atoms with Crippen LogP contribution in [-0.2, 0) is 6.42 Å². The molecule has 1 N–H and O–H groups in total. The van der Waals surface area contributed by atoms with E-state index in [4.69, 9.17) is 5.11 Å². The van der Waals surface area contributed by atoms with Crippen LogP contribution in [-0.4, -0.2) is 25.4 Å².